The lowest BCUT2D eigenvalue weighted by Gasteiger charge is -2.01. The van der Waals surface area contributed by atoms with Crippen molar-refractivity contribution in [1.82, 2.24) is 4.98 Å². The smallest absolute Gasteiger partial charge is 0.218 e. The van der Waals surface area contributed by atoms with Crippen LogP contribution in [0.2, 0.25) is 0 Å². The lowest BCUT2D eigenvalue weighted by atomic mass is 10.3. The third-order valence-corrected chi connectivity index (χ3v) is 1.54. The van der Waals surface area contributed by atoms with Crippen LogP contribution in [-0.2, 0) is 6.54 Å². The highest BCUT2D eigenvalue weighted by Gasteiger charge is 2.04. The first-order valence-corrected chi connectivity index (χ1v) is 3.52. The molecule has 2 heterocycles. The van der Waals surface area contributed by atoms with Gasteiger partial charge in [-0.15, -0.1) is 0 Å². The maximum absolute atomic E-state index is 5.29. The minimum absolute atomic E-state index is 0.532. The number of pyridine rings is 1. The van der Waals surface area contributed by atoms with Crippen LogP contribution in [0.15, 0.2) is 23.3 Å². The number of hydrogen-bond acceptors (Lipinski definition) is 3. The molecule has 0 saturated carbocycles. The zero-order valence-electron chi connectivity index (χ0n) is 6.03. The zero-order valence-corrected chi connectivity index (χ0v) is 6.03. The minimum atomic E-state index is 0.532. The molecule has 1 aromatic heterocycles. The van der Waals surface area contributed by atoms with Gasteiger partial charge in [-0.2, -0.15) is 0 Å². The van der Waals surface area contributed by atoms with Gasteiger partial charge in [-0.3, -0.25) is 4.99 Å². The zero-order chi connectivity index (χ0) is 7.52. The first-order chi connectivity index (χ1) is 5.47. The van der Waals surface area contributed by atoms with Crippen molar-refractivity contribution >= 4 is 6.21 Å². The number of hydrogen-bond donors (Lipinski definition) is 0. The van der Waals surface area contributed by atoms with E-state index in [1.165, 1.54) is 0 Å². The lowest BCUT2D eigenvalue weighted by molar-refractivity contribution is 0.364. The molecule has 0 spiro atoms. The minimum Gasteiger partial charge on any atom is -0.472 e. The molecule has 3 heteroatoms. The summed E-state index contributed by atoms with van der Waals surface area (Å²) in [5, 5.41) is 0. The fraction of sp³-hybridized carbons (Fsp3) is 0.250. The summed E-state index contributed by atoms with van der Waals surface area (Å²) in [7, 11) is 0. The average molecular weight is 148 g/mol. The molecule has 0 fully saturated rings. The van der Waals surface area contributed by atoms with Crippen molar-refractivity contribution < 1.29 is 4.74 Å². The van der Waals surface area contributed by atoms with E-state index in [2.05, 4.69) is 9.98 Å². The number of nitrogens with zero attached hydrogens (tertiary/aromatic N) is 2. The first-order valence-electron chi connectivity index (χ1n) is 3.52. The first kappa shape index (κ1) is 6.34. The highest BCUT2D eigenvalue weighted by Crippen LogP contribution is 2.16. The van der Waals surface area contributed by atoms with E-state index in [-0.39, 0.29) is 0 Å². The van der Waals surface area contributed by atoms with Crippen LogP contribution in [-0.4, -0.2) is 17.8 Å². The van der Waals surface area contributed by atoms with E-state index >= 15 is 0 Å². The SMILES string of the molecule is C1=NCc2cccnc2OC1. The summed E-state index contributed by atoms with van der Waals surface area (Å²) in [6.07, 6.45) is 3.49. The topological polar surface area (TPSA) is 34.5 Å². The molecule has 0 unspecified atom stereocenters. The molecule has 0 N–H and O–H groups in total. The summed E-state index contributed by atoms with van der Waals surface area (Å²) in [4.78, 5) is 8.20. The standard InChI is InChI=1S/C8H8N2O/c1-2-7-6-9-4-5-11-8(7)10-3-1/h1-4H,5-6H2. The lowest BCUT2D eigenvalue weighted by Crippen LogP contribution is -1.98. The molecule has 1 aliphatic heterocycles. The third-order valence-electron chi connectivity index (χ3n) is 1.54. The third kappa shape index (κ3) is 1.22. The second-order valence-electron chi connectivity index (χ2n) is 2.30. The van der Waals surface area contributed by atoms with E-state index in [9.17, 15) is 0 Å². The largest absolute Gasteiger partial charge is 0.472 e. The van der Waals surface area contributed by atoms with Crippen LogP contribution in [0.1, 0.15) is 5.56 Å². The van der Waals surface area contributed by atoms with Crippen molar-refractivity contribution in [2.24, 2.45) is 4.99 Å². The average Bonchev–Trinajstić information content (AvgIpc) is 2.28. The Kier molecular flexibility index (Phi) is 1.55. The van der Waals surface area contributed by atoms with Crippen molar-refractivity contribution in [3.05, 3.63) is 23.9 Å². The van der Waals surface area contributed by atoms with E-state index in [1.807, 2.05) is 12.1 Å². The second-order valence-corrected chi connectivity index (χ2v) is 2.30. The van der Waals surface area contributed by atoms with Crippen molar-refractivity contribution in [2.45, 2.75) is 6.54 Å². The van der Waals surface area contributed by atoms with Gasteiger partial charge in [-0.1, -0.05) is 6.07 Å². The van der Waals surface area contributed by atoms with Crippen LogP contribution < -0.4 is 4.74 Å². The predicted octanol–water partition coefficient (Wildman–Crippen LogP) is 1.04. The van der Waals surface area contributed by atoms with Gasteiger partial charge in [0.15, 0.2) is 0 Å². The number of fused-ring (bicyclic) bond motifs is 1. The summed E-state index contributed by atoms with van der Waals surface area (Å²) < 4.78 is 5.29. The Morgan fingerprint density at radius 3 is 3.45 bits per heavy atom. The fourth-order valence-electron chi connectivity index (χ4n) is 1.01. The van der Waals surface area contributed by atoms with Crippen LogP contribution in [0.3, 0.4) is 0 Å². The molecule has 0 amide bonds. The number of rotatable bonds is 0. The van der Waals surface area contributed by atoms with Gasteiger partial charge in [0.05, 0.1) is 6.54 Å². The second kappa shape index (κ2) is 2.70. The Hall–Kier alpha value is -1.38. The summed E-state index contributed by atoms with van der Waals surface area (Å²) >= 11 is 0. The number of ether oxygens (including phenoxy) is 1. The van der Waals surface area contributed by atoms with Crippen molar-refractivity contribution in [2.75, 3.05) is 6.61 Å². The van der Waals surface area contributed by atoms with E-state index < -0.39 is 0 Å². The van der Waals surface area contributed by atoms with Crippen LogP contribution >= 0.6 is 0 Å². The Morgan fingerprint density at radius 1 is 1.45 bits per heavy atom. The van der Waals surface area contributed by atoms with Gasteiger partial charge in [0.25, 0.3) is 0 Å². The van der Waals surface area contributed by atoms with E-state index in [1.54, 1.807) is 12.4 Å². The van der Waals surface area contributed by atoms with E-state index in [0.717, 1.165) is 5.56 Å². The van der Waals surface area contributed by atoms with Crippen molar-refractivity contribution in [1.29, 1.82) is 0 Å². The Labute approximate surface area is 64.7 Å². The molecule has 11 heavy (non-hydrogen) atoms. The van der Waals surface area contributed by atoms with E-state index in [4.69, 9.17) is 4.74 Å². The van der Waals surface area contributed by atoms with Crippen LogP contribution in [0.4, 0.5) is 0 Å². The van der Waals surface area contributed by atoms with Gasteiger partial charge < -0.3 is 4.74 Å². The molecule has 0 bridgehead atoms. The summed E-state index contributed by atoms with van der Waals surface area (Å²) in [5.41, 5.74) is 1.06. The van der Waals surface area contributed by atoms with Gasteiger partial charge in [0, 0.05) is 18.0 Å². The molecule has 2 rings (SSSR count). The van der Waals surface area contributed by atoms with Gasteiger partial charge in [0.2, 0.25) is 5.88 Å². The molecular formula is C8H8N2O. The van der Waals surface area contributed by atoms with Crippen LogP contribution in [0, 0.1) is 0 Å². The highest BCUT2D eigenvalue weighted by atomic mass is 16.5. The highest BCUT2D eigenvalue weighted by molar-refractivity contribution is 5.60. The molecule has 0 radical (unpaired) electrons. The Bertz CT molecular complexity index is 283. The normalized spacial score (nSPS) is 14.9. The van der Waals surface area contributed by atoms with Gasteiger partial charge in [-0.25, -0.2) is 4.98 Å². The molecule has 0 aromatic carbocycles. The summed E-state index contributed by atoms with van der Waals surface area (Å²) in [6, 6.07) is 3.87. The molecule has 0 atom stereocenters. The van der Waals surface area contributed by atoms with Crippen LogP contribution in [0.25, 0.3) is 0 Å². The maximum atomic E-state index is 5.29. The Balaban J connectivity index is 2.40. The summed E-state index contributed by atoms with van der Waals surface area (Å²) in [6.45, 7) is 1.22. The molecule has 0 aliphatic carbocycles. The predicted molar refractivity (Wildman–Crippen MR) is 41.9 cm³/mol. The number of aromatic nitrogens is 1. The van der Waals surface area contributed by atoms with Crippen LogP contribution in [0.5, 0.6) is 5.88 Å². The number of aliphatic imine (C=N–C) groups is 1. The summed E-state index contributed by atoms with van der Waals surface area (Å²) in [5.74, 6) is 0.713. The molecule has 0 saturated heterocycles. The van der Waals surface area contributed by atoms with Crippen molar-refractivity contribution in [3.8, 4) is 5.88 Å². The maximum Gasteiger partial charge on any atom is 0.218 e. The molecule has 1 aliphatic rings. The molecular weight excluding hydrogens is 140 g/mol. The van der Waals surface area contributed by atoms with E-state index in [0.29, 0.717) is 19.0 Å². The molecule has 56 valence electrons. The van der Waals surface area contributed by atoms with Gasteiger partial charge >= 0.3 is 0 Å². The fourth-order valence-corrected chi connectivity index (χ4v) is 1.01. The quantitative estimate of drug-likeness (QED) is 0.551. The van der Waals surface area contributed by atoms with Crippen molar-refractivity contribution in [3.63, 3.8) is 0 Å². The van der Waals surface area contributed by atoms with Gasteiger partial charge in [0.1, 0.15) is 6.61 Å². The molecule has 1 aromatic rings. The Morgan fingerprint density at radius 2 is 2.45 bits per heavy atom. The monoisotopic (exact) mass is 148 g/mol. The molecule has 3 nitrogen and oxygen atoms in total. The van der Waals surface area contributed by atoms with Gasteiger partial charge in [-0.05, 0) is 6.07 Å².